The maximum absolute atomic E-state index is 10.5. The lowest BCUT2D eigenvalue weighted by Crippen LogP contribution is -1.97. The van der Waals surface area contributed by atoms with Crippen LogP contribution in [0.15, 0.2) is 34.9 Å². The number of aryl methyl sites for hydroxylation is 2. The lowest BCUT2D eigenvalue weighted by atomic mass is 10.2. The standard InChI is InChI=1S/C13H13BrN2O2/c1-9-15-11(4-7-13(17)18)8-16(9)12-5-2-10(14)3-6-12/h2-3,5-6,8H,4,7H2,1H3,(H,17,18). The van der Waals surface area contributed by atoms with Crippen molar-refractivity contribution in [2.24, 2.45) is 0 Å². The number of halogens is 1. The van der Waals surface area contributed by atoms with Crippen LogP contribution in [0.1, 0.15) is 17.9 Å². The number of aliphatic carboxylic acids is 1. The molecule has 1 N–H and O–H groups in total. The van der Waals surface area contributed by atoms with E-state index in [1.807, 2.05) is 42.0 Å². The molecule has 0 atom stereocenters. The van der Waals surface area contributed by atoms with Crippen LogP contribution in [0.4, 0.5) is 0 Å². The average Bonchev–Trinajstić information content (AvgIpc) is 2.69. The summed E-state index contributed by atoms with van der Waals surface area (Å²) in [4.78, 5) is 14.9. The summed E-state index contributed by atoms with van der Waals surface area (Å²) in [6, 6.07) is 7.90. The molecule has 94 valence electrons. The number of hydrogen-bond acceptors (Lipinski definition) is 2. The summed E-state index contributed by atoms with van der Waals surface area (Å²) < 4.78 is 2.99. The number of nitrogens with zero attached hydrogens (tertiary/aromatic N) is 2. The molecule has 0 unspecified atom stereocenters. The molecule has 2 rings (SSSR count). The molecular formula is C13H13BrN2O2. The first kappa shape index (κ1) is 12.8. The fraction of sp³-hybridized carbons (Fsp3) is 0.231. The van der Waals surface area contributed by atoms with Crippen LogP contribution in [-0.2, 0) is 11.2 Å². The number of imidazole rings is 1. The minimum Gasteiger partial charge on any atom is -0.481 e. The molecule has 0 aliphatic carbocycles. The third-order valence-corrected chi connectivity index (χ3v) is 3.16. The molecule has 1 aromatic heterocycles. The van der Waals surface area contributed by atoms with Gasteiger partial charge in [0.05, 0.1) is 12.1 Å². The summed E-state index contributed by atoms with van der Waals surface area (Å²) in [6.45, 7) is 1.91. The van der Waals surface area contributed by atoms with Crippen molar-refractivity contribution in [2.75, 3.05) is 0 Å². The fourth-order valence-electron chi connectivity index (χ4n) is 1.75. The van der Waals surface area contributed by atoms with E-state index in [1.165, 1.54) is 0 Å². The van der Waals surface area contributed by atoms with Gasteiger partial charge in [0.25, 0.3) is 0 Å². The van der Waals surface area contributed by atoms with Gasteiger partial charge in [0, 0.05) is 22.8 Å². The second kappa shape index (κ2) is 5.35. The number of carboxylic acids is 1. The van der Waals surface area contributed by atoms with E-state index in [9.17, 15) is 4.79 Å². The van der Waals surface area contributed by atoms with Crippen molar-refractivity contribution in [3.63, 3.8) is 0 Å². The zero-order valence-corrected chi connectivity index (χ0v) is 11.5. The minimum absolute atomic E-state index is 0.108. The normalized spacial score (nSPS) is 10.6. The first-order chi connectivity index (χ1) is 8.56. The molecule has 0 aliphatic heterocycles. The van der Waals surface area contributed by atoms with Gasteiger partial charge in [0.2, 0.25) is 0 Å². The second-order valence-corrected chi connectivity index (χ2v) is 4.94. The van der Waals surface area contributed by atoms with Crippen molar-refractivity contribution in [2.45, 2.75) is 19.8 Å². The van der Waals surface area contributed by atoms with Crippen molar-refractivity contribution in [1.29, 1.82) is 0 Å². The molecule has 4 nitrogen and oxygen atoms in total. The molecule has 5 heteroatoms. The van der Waals surface area contributed by atoms with Gasteiger partial charge in [-0.05, 0) is 31.2 Å². The molecule has 0 spiro atoms. The second-order valence-electron chi connectivity index (χ2n) is 4.02. The Morgan fingerprint density at radius 3 is 2.67 bits per heavy atom. The summed E-state index contributed by atoms with van der Waals surface area (Å²) in [5.74, 6) is 0.0588. The highest BCUT2D eigenvalue weighted by Gasteiger charge is 2.07. The van der Waals surface area contributed by atoms with E-state index >= 15 is 0 Å². The SMILES string of the molecule is Cc1nc(CCC(=O)O)cn1-c1ccc(Br)cc1. The van der Waals surface area contributed by atoms with Crippen molar-refractivity contribution in [1.82, 2.24) is 9.55 Å². The number of hydrogen-bond donors (Lipinski definition) is 1. The molecular weight excluding hydrogens is 296 g/mol. The van der Waals surface area contributed by atoms with E-state index in [0.717, 1.165) is 21.7 Å². The largest absolute Gasteiger partial charge is 0.481 e. The summed E-state index contributed by atoms with van der Waals surface area (Å²) in [6.07, 6.45) is 2.46. The molecule has 0 saturated carbocycles. The summed E-state index contributed by atoms with van der Waals surface area (Å²) in [5, 5.41) is 8.66. The topological polar surface area (TPSA) is 55.1 Å². The van der Waals surface area contributed by atoms with Gasteiger partial charge in [-0.25, -0.2) is 4.98 Å². The van der Waals surface area contributed by atoms with Gasteiger partial charge in [-0.3, -0.25) is 4.79 Å². The Morgan fingerprint density at radius 1 is 1.39 bits per heavy atom. The molecule has 1 aromatic carbocycles. The molecule has 1 heterocycles. The molecule has 0 amide bonds. The molecule has 0 saturated heterocycles. The van der Waals surface area contributed by atoms with E-state index in [4.69, 9.17) is 5.11 Å². The summed E-state index contributed by atoms with van der Waals surface area (Å²) in [5.41, 5.74) is 1.82. The van der Waals surface area contributed by atoms with Crippen molar-refractivity contribution >= 4 is 21.9 Å². The van der Waals surface area contributed by atoms with Crippen molar-refractivity contribution in [3.8, 4) is 5.69 Å². The molecule has 2 aromatic rings. The van der Waals surface area contributed by atoms with Crippen molar-refractivity contribution < 1.29 is 9.90 Å². The number of carboxylic acid groups (broad SMARTS) is 1. The van der Waals surface area contributed by atoms with E-state index in [0.29, 0.717) is 6.42 Å². The zero-order chi connectivity index (χ0) is 13.1. The lowest BCUT2D eigenvalue weighted by Gasteiger charge is -2.04. The van der Waals surface area contributed by atoms with Crippen LogP contribution in [-0.4, -0.2) is 20.6 Å². The molecule has 18 heavy (non-hydrogen) atoms. The van der Waals surface area contributed by atoms with Crippen LogP contribution in [0.3, 0.4) is 0 Å². The smallest absolute Gasteiger partial charge is 0.303 e. The Kier molecular flexibility index (Phi) is 3.81. The molecule has 0 bridgehead atoms. The first-order valence-corrected chi connectivity index (χ1v) is 6.38. The predicted molar refractivity (Wildman–Crippen MR) is 72.0 cm³/mol. The monoisotopic (exact) mass is 308 g/mol. The van der Waals surface area contributed by atoms with Crippen LogP contribution >= 0.6 is 15.9 Å². The van der Waals surface area contributed by atoms with E-state index < -0.39 is 5.97 Å². The van der Waals surface area contributed by atoms with Gasteiger partial charge >= 0.3 is 5.97 Å². The van der Waals surface area contributed by atoms with Gasteiger partial charge in [0.1, 0.15) is 5.82 Å². The summed E-state index contributed by atoms with van der Waals surface area (Å²) in [7, 11) is 0. The Labute approximate surface area is 113 Å². The van der Waals surface area contributed by atoms with Crippen LogP contribution < -0.4 is 0 Å². The Bertz CT molecular complexity index is 561. The van der Waals surface area contributed by atoms with Gasteiger partial charge < -0.3 is 9.67 Å². The molecule has 0 radical (unpaired) electrons. The maximum Gasteiger partial charge on any atom is 0.303 e. The van der Waals surface area contributed by atoms with Crippen molar-refractivity contribution in [3.05, 3.63) is 46.5 Å². The highest BCUT2D eigenvalue weighted by atomic mass is 79.9. The highest BCUT2D eigenvalue weighted by molar-refractivity contribution is 9.10. The van der Waals surface area contributed by atoms with Gasteiger partial charge in [-0.1, -0.05) is 15.9 Å². The lowest BCUT2D eigenvalue weighted by molar-refractivity contribution is -0.136. The maximum atomic E-state index is 10.5. The minimum atomic E-state index is -0.800. The number of carbonyl (C=O) groups is 1. The van der Waals surface area contributed by atoms with Crippen LogP contribution in [0.5, 0.6) is 0 Å². The van der Waals surface area contributed by atoms with Gasteiger partial charge in [-0.15, -0.1) is 0 Å². The Hall–Kier alpha value is -1.62. The number of benzene rings is 1. The number of rotatable bonds is 4. The molecule has 0 aliphatic rings. The Balaban J connectivity index is 2.23. The molecule has 0 fully saturated rings. The predicted octanol–water partition coefficient (Wildman–Crippen LogP) is 2.96. The van der Waals surface area contributed by atoms with Gasteiger partial charge in [-0.2, -0.15) is 0 Å². The average molecular weight is 309 g/mol. The van der Waals surface area contributed by atoms with Crippen LogP contribution in [0.25, 0.3) is 5.69 Å². The quantitative estimate of drug-likeness (QED) is 0.944. The van der Waals surface area contributed by atoms with E-state index in [-0.39, 0.29) is 6.42 Å². The third-order valence-electron chi connectivity index (χ3n) is 2.63. The number of aromatic nitrogens is 2. The van der Waals surface area contributed by atoms with E-state index in [1.54, 1.807) is 0 Å². The zero-order valence-electron chi connectivity index (χ0n) is 9.93. The third kappa shape index (κ3) is 2.98. The van der Waals surface area contributed by atoms with E-state index in [2.05, 4.69) is 20.9 Å². The Morgan fingerprint density at radius 2 is 2.06 bits per heavy atom. The van der Waals surface area contributed by atoms with Gasteiger partial charge in [0.15, 0.2) is 0 Å². The first-order valence-electron chi connectivity index (χ1n) is 5.59. The highest BCUT2D eigenvalue weighted by Crippen LogP contribution is 2.16. The van der Waals surface area contributed by atoms with Crippen LogP contribution in [0.2, 0.25) is 0 Å². The summed E-state index contributed by atoms with van der Waals surface area (Å²) >= 11 is 3.39. The fourth-order valence-corrected chi connectivity index (χ4v) is 2.02. The van der Waals surface area contributed by atoms with Crippen LogP contribution in [0, 0.1) is 6.92 Å².